The van der Waals surface area contributed by atoms with Gasteiger partial charge in [-0.3, -0.25) is 0 Å². The van der Waals surface area contributed by atoms with E-state index < -0.39 is 9.84 Å². The average molecular weight is 289 g/mol. The molecule has 1 aliphatic heterocycles. The van der Waals surface area contributed by atoms with Gasteiger partial charge in [0.1, 0.15) is 0 Å². The molecular weight excluding hydrogens is 258 g/mol. The van der Waals surface area contributed by atoms with Crippen LogP contribution in [-0.4, -0.2) is 32.0 Å². The second-order valence-electron chi connectivity index (χ2n) is 5.81. The van der Waals surface area contributed by atoms with E-state index in [-0.39, 0.29) is 11.3 Å². The van der Waals surface area contributed by atoms with Crippen LogP contribution in [0.1, 0.15) is 71.6 Å². The van der Waals surface area contributed by atoms with Crippen LogP contribution in [0.3, 0.4) is 0 Å². The normalized spacial score (nSPS) is 24.2. The summed E-state index contributed by atoms with van der Waals surface area (Å²) in [6.45, 7) is 5.28. The Hall–Kier alpha value is -0.0900. The summed E-state index contributed by atoms with van der Waals surface area (Å²) in [4.78, 5) is 0. The van der Waals surface area contributed by atoms with Gasteiger partial charge in [-0.1, -0.05) is 46.0 Å². The van der Waals surface area contributed by atoms with Gasteiger partial charge in [-0.05, 0) is 32.2 Å². The average Bonchev–Trinajstić information content (AvgIpc) is 2.38. The summed E-state index contributed by atoms with van der Waals surface area (Å²) < 4.78 is 24.5. The Morgan fingerprint density at radius 3 is 2.53 bits per heavy atom. The third-order valence-electron chi connectivity index (χ3n) is 4.10. The lowest BCUT2D eigenvalue weighted by molar-refractivity contribution is 0.403. The molecule has 1 fully saturated rings. The smallest absolute Gasteiger partial charge is 0.154 e. The Balaban J connectivity index is 2.55. The molecule has 1 aliphatic rings. The molecule has 1 heterocycles. The van der Waals surface area contributed by atoms with E-state index >= 15 is 0 Å². The summed E-state index contributed by atoms with van der Waals surface area (Å²) >= 11 is 0. The van der Waals surface area contributed by atoms with E-state index in [1.54, 1.807) is 0 Å². The van der Waals surface area contributed by atoms with Gasteiger partial charge in [0.15, 0.2) is 9.84 Å². The number of hydrogen-bond acceptors (Lipinski definition) is 3. The van der Waals surface area contributed by atoms with E-state index in [4.69, 9.17) is 0 Å². The lowest BCUT2D eigenvalue weighted by Gasteiger charge is -2.31. The zero-order valence-electron chi connectivity index (χ0n) is 12.7. The monoisotopic (exact) mass is 289 g/mol. The molecule has 3 nitrogen and oxygen atoms in total. The van der Waals surface area contributed by atoms with Gasteiger partial charge < -0.3 is 5.32 Å². The van der Waals surface area contributed by atoms with Crippen LogP contribution in [0.2, 0.25) is 0 Å². The quantitative estimate of drug-likeness (QED) is 0.663. The maximum atomic E-state index is 12.2. The third-order valence-corrected chi connectivity index (χ3v) is 6.45. The molecule has 0 amide bonds. The van der Waals surface area contributed by atoms with Crippen molar-refractivity contribution >= 4 is 9.84 Å². The first-order valence-electron chi connectivity index (χ1n) is 8.06. The minimum Gasteiger partial charge on any atom is -0.313 e. The number of unbranched alkanes of at least 4 members (excludes halogenated alkanes) is 3. The molecule has 0 spiro atoms. The Kier molecular flexibility index (Phi) is 8.00. The minimum atomic E-state index is -2.86. The van der Waals surface area contributed by atoms with Crippen LogP contribution in [0.5, 0.6) is 0 Å². The van der Waals surface area contributed by atoms with Crippen molar-refractivity contribution in [1.82, 2.24) is 5.32 Å². The van der Waals surface area contributed by atoms with Crippen LogP contribution >= 0.6 is 0 Å². The zero-order chi connectivity index (χ0) is 14.1. The highest BCUT2D eigenvalue weighted by Gasteiger charge is 2.34. The number of rotatable bonds is 9. The van der Waals surface area contributed by atoms with Gasteiger partial charge in [0, 0.05) is 6.04 Å². The number of nitrogens with one attached hydrogen (secondary N) is 1. The molecule has 1 N–H and O–H groups in total. The second kappa shape index (κ2) is 8.96. The summed E-state index contributed by atoms with van der Waals surface area (Å²) in [7, 11) is -2.86. The van der Waals surface area contributed by atoms with E-state index in [9.17, 15) is 8.42 Å². The van der Waals surface area contributed by atoms with Crippen LogP contribution in [0.25, 0.3) is 0 Å². The fourth-order valence-electron chi connectivity index (χ4n) is 2.97. The molecule has 19 heavy (non-hydrogen) atoms. The van der Waals surface area contributed by atoms with Gasteiger partial charge in [0.05, 0.1) is 11.0 Å². The summed E-state index contributed by atoms with van der Waals surface area (Å²) in [6.07, 6.45) is 9.75. The molecule has 0 bridgehead atoms. The highest BCUT2D eigenvalue weighted by Crippen LogP contribution is 2.25. The lowest BCUT2D eigenvalue weighted by Crippen LogP contribution is -2.46. The largest absolute Gasteiger partial charge is 0.313 e. The Morgan fingerprint density at radius 1 is 1.11 bits per heavy atom. The lowest BCUT2D eigenvalue weighted by atomic mass is 10.0. The van der Waals surface area contributed by atoms with E-state index in [2.05, 4.69) is 19.2 Å². The summed E-state index contributed by atoms with van der Waals surface area (Å²) in [6, 6.07) is 0.183. The van der Waals surface area contributed by atoms with Gasteiger partial charge in [0.25, 0.3) is 0 Å². The van der Waals surface area contributed by atoms with Crippen molar-refractivity contribution in [3.8, 4) is 0 Å². The van der Waals surface area contributed by atoms with Gasteiger partial charge in [-0.2, -0.15) is 0 Å². The first-order chi connectivity index (χ1) is 9.11. The van der Waals surface area contributed by atoms with Crippen LogP contribution in [0, 0.1) is 0 Å². The molecule has 0 aromatic heterocycles. The first kappa shape index (κ1) is 17.0. The number of hydrogen-bond donors (Lipinski definition) is 1. The van der Waals surface area contributed by atoms with Crippen molar-refractivity contribution in [2.75, 3.05) is 12.3 Å². The molecular formula is C15H31NO2S. The molecule has 0 saturated carbocycles. The minimum absolute atomic E-state index is 0.130. The Labute approximate surface area is 119 Å². The molecule has 0 aliphatic carbocycles. The van der Waals surface area contributed by atoms with Crippen molar-refractivity contribution in [3.05, 3.63) is 0 Å². The molecule has 0 aromatic carbocycles. The zero-order valence-corrected chi connectivity index (χ0v) is 13.5. The standard InChI is InChI=1S/C15H31NO2S/c1-3-5-6-7-10-14(16-12-4-2)15-11-8-9-13-19(15,17)18/h14-16H,3-13H2,1-2H3. The topological polar surface area (TPSA) is 46.2 Å². The highest BCUT2D eigenvalue weighted by atomic mass is 32.2. The van der Waals surface area contributed by atoms with Gasteiger partial charge >= 0.3 is 0 Å². The SMILES string of the molecule is CCCCCCC(NCCC)C1CCCCS1(=O)=O. The number of sulfone groups is 1. The van der Waals surface area contributed by atoms with E-state index in [1.807, 2.05) is 0 Å². The van der Waals surface area contributed by atoms with E-state index in [0.717, 1.165) is 45.1 Å². The fourth-order valence-corrected chi connectivity index (χ4v) is 5.14. The molecule has 2 atom stereocenters. The Bertz CT molecular complexity index is 327. The predicted octanol–water partition coefficient (Wildman–Crippen LogP) is 3.29. The maximum absolute atomic E-state index is 12.2. The van der Waals surface area contributed by atoms with E-state index in [1.165, 1.54) is 19.3 Å². The van der Waals surface area contributed by atoms with Crippen molar-refractivity contribution in [2.45, 2.75) is 82.9 Å². The molecule has 4 heteroatoms. The van der Waals surface area contributed by atoms with Crippen LogP contribution in [-0.2, 0) is 9.84 Å². The fraction of sp³-hybridized carbons (Fsp3) is 1.00. The van der Waals surface area contributed by atoms with Crippen molar-refractivity contribution < 1.29 is 8.42 Å². The van der Waals surface area contributed by atoms with Gasteiger partial charge in [-0.15, -0.1) is 0 Å². The van der Waals surface area contributed by atoms with Crippen LogP contribution in [0.15, 0.2) is 0 Å². The highest BCUT2D eigenvalue weighted by molar-refractivity contribution is 7.92. The summed E-state index contributed by atoms with van der Waals surface area (Å²) in [5.41, 5.74) is 0. The molecule has 114 valence electrons. The predicted molar refractivity (Wildman–Crippen MR) is 82.3 cm³/mol. The van der Waals surface area contributed by atoms with Crippen molar-refractivity contribution in [1.29, 1.82) is 0 Å². The van der Waals surface area contributed by atoms with Crippen molar-refractivity contribution in [2.24, 2.45) is 0 Å². The van der Waals surface area contributed by atoms with Crippen LogP contribution in [0.4, 0.5) is 0 Å². The maximum Gasteiger partial charge on any atom is 0.154 e. The van der Waals surface area contributed by atoms with Gasteiger partial charge in [0.2, 0.25) is 0 Å². The van der Waals surface area contributed by atoms with Gasteiger partial charge in [-0.25, -0.2) is 8.42 Å². The Morgan fingerprint density at radius 2 is 1.89 bits per heavy atom. The molecule has 0 radical (unpaired) electrons. The molecule has 2 unspecified atom stereocenters. The summed E-state index contributed by atoms with van der Waals surface area (Å²) in [5, 5.41) is 3.36. The second-order valence-corrected chi connectivity index (χ2v) is 8.15. The molecule has 0 aromatic rings. The van der Waals surface area contributed by atoms with Crippen LogP contribution < -0.4 is 5.32 Å². The van der Waals surface area contributed by atoms with Crippen molar-refractivity contribution in [3.63, 3.8) is 0 Å². The summed E-state index contributed by atoms with van der Waals surface area (Å²) in [5.74, 6) is 0.400. The van der Waals surface area contributed by atoms with E-state index in [0.29, 0.717) is 5.75 Å². The first-order valence-corrected chi connectivity index (χ1v) is 9.78. The molecule has 1 rings (SSSR count). The molecule has 1 saturated heterocycles. The third kappa shape index (κ3) is 5.82.